The van der Waals surface area contributed by atoms with Crippen LogP contribution < -0.4 is 5.01 Å². The molecular formula is C27H31ClN2O2. The van der Waals surface area contributed by atoms with Crippen LogP contribution >= 0.6 is 11.6 Å². The van der Waals surface area contributed by atoms with Crippen LogP contribution in [0, 0.1) is 16.7 Å². The molecule has 2 saturated carbocycles. The third-order valence-electron chi connectivity index (χ3n) is 8.46. The van der Waals surface area contributed by atoms with Gasteiger partial charge in [-0.1, -0.05) is 62.4 Å². The number of carbonyl (C=O) groups is 1. The van der Waals surface area contributed by atoms with E-state index in [1.54, 1.807) is 0 Å². The first-order valence-corrected chi connectivity index (χ1v) is 11.9. The molecule has 1 amide bonds. The van der Waals surface area contributed by atoms with Crippen molar-refractivity contribution in [2.75, 3.05) is 11.6 Å². The predicted octanol–water partition coefficient (Wildman–Crippen LogP) is 5.56. The number of para-hydroxylation sites is 1. The summed E-state index contributed by atoms with van der Waals surface area (Å²) in [4.78, 5) is 14.0. The molecule has 3 aliphatic rings. The number of aliphatic hydroxyl groups excluding tert-OH is 1. The molecule has 1 aliphatic heterocycles. The van der Waals surface area contributed by atoms with Crippen LogP contribution in [-0.4, -0.2) is 34.7 Å². The second-order valence-corrected chi connectivity index (χ2v) is 10.7. The summed E-state index contributed by atoms with van der Waals surface area (Å²) < 4.78 is 0. The van der Waals surface area contributed by atoms with E-state index >= 15 is 0 Å². The molecule has 1 spiro atoms. The van der Waals surface area contributed by atoms with E-state index < -0.39 is 6.10 Å². The zero-order valence-corrected chi connectivity index (χ0v) is 19.6. The SMILES string of the molecule is C=C(C[C@H](O)CN1[C@@H]2C[C@H]3CC[C@]2(C(=O)N1c1ccccc1)C3(C)C)c1ccc(Cl)cc1. The van der Waals surface area contributed by atoms with Crippen molar-refractivity contribution < 1.29 is 9.90 Å². The van der Waals surface area contributed by atoms with Gasteiger partial charge in [-0.25, -0.2) is 10.0 Å². The fourth-order valence-electron chi connectivity index (χ4n) is 6.69. The Bertz CT molecular complexity index is 1040. The zero-order valence-electron chi connectivity index (χ0n) is 18.8. The summed E-state index contributed by atoms with van der Waals surface area (Å²) in [5, 5.41) is 15.8. The number of hydrogen-bond donors (Lipinski definition) is 1. The maximum atomic E-state index is 14.0. The minimum absolute atomic E-state index is 0.0333. The van der Waals surface area contributed by atoms with Crippen molar-refractivity contribution in [3.8, 4) is 0 Å². The third-order valence-corrected chi connectivity index (χ3v) is 8.71. The molecule has 3 fully saturated rings. The van der Waals surface area contributed by atoms with E-state index in [0.29, 0.717) is 23.9 Å². The Hall–Kier alpha value is -2.14. The molecule has 4 nitrogen and oxygen atoms in total. The molecule has 0 unspecified atom stereocenters. The normalized spacial score (nSPS) is 29.4. The van der Waals surface area contributed by atoms with Gasteiger partial charge in [-0.15, -0.1) is 0 Å². The van der Waals surface area contributed by atoms with E-state index in [2.05, 4.69) is 25.4 Å². The zero-order chi connectivity index (χ0) is 22.7. The Morgan fingerprint density at radius 3 is 2.53 bits per heavy atom. The number of rotatable bonds is 6. The van der Waals surface area contributed by atoms with E-state index in [1.165, 1.54) is 0 Å². The first-order chi connectivity index (χ1) is 15.3. The number of anilines is 1. The Kier molecular flexibility index (Phi) is 5.23. The standard InChI is InChI=1S/C27H31ClN2O2/c1-18(19-9-11-21(28)12-10-19)15-23(31)17-29-24-16-20-13-14-27(24,26(20,2)3)25(32)30(29)22-7-5-4-6-8-22/h4-12,20,23-24,31H,1,13-17H2,2-3H3/t20-,23+,24-,27+/m1/s1. The molecule has 32 heavy (non-hydrogen) atoms. The van der Waals surface area contributed by atoms with Crippen molar-refractivity contribution in [3.63, 3.8) is 0 Å². The van der Waals surface area contributed by atoms with E-state index in [-0.39, 0.29) is 22.8 Å². The number of halogens is 1. The summed E-state index contributed by atoms with van der Waals surface area (Å²) in [6.45, 7) is 9.13. The van der Waals surface area contributed by atoms with Gasteiger partial charge in [0.1, 0.15) is 0 Å². The largest absolute Gasteiger partial charge is 0.391 e. The number of aliphatic hydroxyl groups is 1. The van der Waals surface area contributed by atoms with Crippen LogP contribution in [0.1, 0.15) is 45.1 Å². The average Bonchev–Trinajstić information content (AvgIpc) is 3.28. The van der Waals surface area contributed by atoms with Gasteiger partial charge < -0.3 is 5.11 Å². The highest BCUT2D eigenvalue weighted by molar-refractivity contribution is 6.30. The van der Waals surface area contributed by atoms with Crippen molar-refractivity contribution >= 4 is 28.8 Å². The highest BCUT2D eigenvalue weighted by Gasteiger charge is 2.74. The molecule has 1 heterocycles. The Labute approximate surface area is 195 Å². The summed E-state index contributed by atoms with van der Waals surface area (Å²) in [6, 6.07) is 17.5. The number of β-amino-alcohol motifs (C(OH)–C–C–N with tert-alkyl or cyclic N) is 1. The molecule has 5 heteroatoms. The Morgan fingerprint density at radius 2 is 1.88 bits per heavy atom. The van der Waals surface area contributed by atoms with E-state index in [0.717, 1.165) is 36.1 Å². The van der Waals surface area contributed by atoms with Gasteiger partial charge in [0, 0.05) is 17.6 Å². The fraction of sp³-hybridized carbons (Fsp3) is 0.444. The van der Waals surface area contributed by atoms with Gasteiger partial charge in [-0.3, -0.25) is 4.79 Å². The number of carbonyl (C=O) groups excluding carboxylic acids is 1. The molecule has 1 N–H and O–H groups in total. The highest BCUT2D eigenvalue weighted by atomic mass is 35.5. The molecule has 1 saturated heterocycles. The van der Waals surface area contributed by atoms with Gasteiger partial charge >= 0.3 is 0 Å². The lowest BCUT2D eigenvalue weighted by molar-refractivity contribution is -0.129. The van der Waals surface area contributed by atoms with Crippen LogP contribution in [0.15, 0.2) is 61.2 Å². The first-order valence-electron chi connectivity index (χ1n) is 11.5. The Balaban J connectivity index is 1.42. The minimum Gasteiger partial charge on any atom is -0.391 e. The monoisotopic (exact) mass is 450 g/mol. The molecule has 2 aliphatic carbocycles. The number of amides is 1. The second kappa shape index (κ2) is 7.72. The third kappa shape index (κ3) is 3.07. The summed E-state index contributed by atoms with van der Waals surface area (Å²) in [5.74, 6) is 0.750. The van der Waals surface area contributed by atoms with Crippen LogP contribution in [-0.2, 0) is 4.79 Å². The molecule has 168 valence electrons. The van der Waals surface area contributed by atoms with Crippen LogP contribution in [0.5, 0.6) is 0 Å². The number of hydrogen-bond acceptors (Lipinski definition) is 3. The number of benzene rings is 2. The van der Waals surface area contributed by atoms with Crippen molar-refractivity contribution in [3.05, 3.63) is 71.8 Å². The number of hydrazine groups is 1. The topological polar surface area (TPSA) is 43.8 Å². The quantitative estimate of drug-likeness (QED) is 0.626. The number of nitrogens with zero attached hydrogens (tertiary/aromatic N) is 2. The van der Waals surface area contributed by atoms with Crippen molar-refractivity contribution in [2.24, 2.45) is 16.7 Å². The molecule has 2 aromatic rings. The second-order valence-electron chi connectivity index (χ2n) is 10.2. The minimum atomic E-state index is -0.630. The maximum absolute atomic E-state index is 14.0. The predicted molar refractivity (Wildman–Crippen MR) is 129 cm³/mol. The van der Waals surface area contributed by atoms with Crippen LogP contribution in [0.25, 0.3) is 5.57 Å². The molecular weight excluding hydrogens is 420 g/mol. The fourth-order valence-corrected chi connectivity index (χ4v) is 6.81. The average molecular weight is 451 g/mol. The van der Waals surface area contributed by atoms with Gasteiger partial charge in [0.15, 0.2) is 0 Å². The smallest absolute Gasteiger partial charge is 0.249 e. The lowest BCUT2D eigenvalue weighted by atomic mass is 9.67. The Morgan fingerprint density at radius 1 is 1.19 bits per heavy atom. The van der Waals surface area contributed by atoms with Crippen molar-refractivity contribution in [1.29, 1.82) is 0 Å². The number of fused-ring (bicyclic) bond motifs is 1. The van der Waals surface area contributed by atoms with Crippen molar-refractivity contribution in [1.82, 2.24) is 5.01 Å². The van der Waals surface area contributed by atoms with Crippen LogP contribution in [0.4, 0.5) is 5.69 Å². The lowest BCUT2D eigenvalue weighted by Gasteiger charge is -2.35. The van der Waals surface area contributed by atoms with E-state index in [1.807, 2.05) is 59.6 Å². The van der Waals surface area contributed by atoms with Crippen LogP contribution in [0.2, 0.25) is 5.02 Å². The van der Waals surface area contributed by atoms with Gasteiger partial charge in [-0.2, -0.15) is 0 Å². The molecule has 2 aromatic carbocycles. The first kappa shape index (κ1) is 21.7. The summed E-state index contributed by atoms with van der Waals surface area (Å²) in [6.07, 6.45) is 2.87. The molecule has 2 bridgehead atoms. The summed E-state index contributed by atoms with van der Waals surface area (Å²) in [7, 11) is 0. The van der Waals surface area contributed by atoms with Crippen LogP contribution in [0.3, 0.4) is 0 Å². The van der Waals surface area contributed by atoms with Gasteiger partial charge in [0.25, 0.3) is 0 Å². The van der Waals surface area contributed by atoms with Gasteiger partial charge in [0.05, 0.1) is 17.2 Å². The molecule has 4 atom stereocenters. The maximum Gasteiger partial charge on any atom is 0.249 e. The summed E-state index contributed by atoms with van der Waals surface area (Å²) >= 11 is 6.01. The van der Waals surface area contributed by atoms with E-state index in [9.17, 15) is 9.90 Å². The lowest BCUT2D eigenvalue weighted by Crippen LogP contribution is -2.47. The summed E-state index contributed by atoms with van der Waals surface area (Å²) in [5.41, 5.74) is 2.32. The van der Waals surface area contributed by atoms with Crippen molar-refractivity contribution in [2.45, 2.75) is 51.7 Å². The highest BCUT2D eigenvalue weighted by Crippen LogP contribution is 2.70. The molecule has 0 radical (unpaired) electrons. The van der Waals surface area contributed by atoms with Gasteiger partial charge in [-0.05, 0) is 72.4 Å². The van der Waals surface area contributed by atoms with E-state index in [4.69, 9.17) is 11.6 Å². The van der Waals surface area contributed by atoms with Gasteiger partial charge in [0.2, 0.25) is 5.91 Å². The molecule has 5 rings (SSSR count). The molecule has 0 aromatic heterocycles.